The van der Waals surface area contributed by atoms with E-state index in [1.807, 2.05) is 17.8 Å². The maximum Gasteiger partial charge on any atom is 0.314 e. The largest absolute Gasteiger partial charge is 0.351 e. The minimum atomic E-state index is -0.304. The first-order chi connectivity index (χ1) is 10.6. The molecule has 3 rings (SSSR count). The second-order valence-corrected chi connectivity index (χ2v) is 7.56. The molecule has 0 aliphatic carbocycles. The summed E-state index contributed by atoms with van der Waals surface area (Å²) in [6, 6.07) is 6.70. The van der Waals surface area contributed by atoms with Crippen molar-refractivity contribution >= 4 is 29.4 Å². The third-order valence-corrected chi connectivity index (χ3v) is 5.90. The number of fused-ring (bicyclic) bond motifs is 1. The number of nitrogens with two attached hydrogens (primary N) is 1. The third kappa shape index (κ3) is 3.70. The number of likely N-dealkylation sites (tertiary alicyclic amines) is 1. The van der Waals surface area contributed by atoms with Crippen LogP contribution in [0.15, 0.2) is 23.1 Å². The highest BCUT2D eigenvalue weighted by molar-refractivity contribution is 7.99. The molecular formula is C16H22ClN3OS. The molecular weight excluding hydrogens is 318 g/mol. The molecule has 0 bridgehead atoms. The number of thioether (sulfide) groups is 1. The van der Waals surface area contributed by atoms with Crippen LogP contribution in [0.3, 0.4) is 0 Å². The molecule has 1 aromatic carbocycles. The Hall–Kier alpha value is -0.910. The van der Waals surface area contributed by atoms with Gasteiger partial charge in [-0.1, -0.05) is 11.6 Å². The summed E-state index contributed by atoms with van der Waals surface area (Å²) < 4.78 is 0. The van der Waals surface area contributed by atoms with Gasteiger partial charge < -0.3 is 16.0 Å². The third-order valence-electron chi connectivity index (χ3n) is 4.49. The summed E-state index contributed by atoms with van der Waals surface area (Å²) in [7, 11) is 0. The molecule has 2 amide bonds. The molecule has 2 heterocycles. The number of halogens is 1. The average Bonchev–Trinajstić information content (AvgIpc) is 2.70. The van der Waals surface area contributed by atoms with Crippen LogP contribution in [-0.4, -0.2) is 35.8 Å². The number of carbonyl (C=O) groups excluding carboxylic acids is 1. The predicted molar refractivity (Wildman–Crippen MR) is 91.5 cm³/mol. The summed E-state index contributed by atoms with van der Waals surface area (Å²) in [5.41, 5.74) is 6.67. The van der Waals surface area contributed by atoms with Gasteiger partial charge in [0, 0.05) is 35.1 Å². The zero-order valence-corrected chi connectivity index (χ0v) is 14.1. The number of nitrogens with one attached hydrogen (secondary N) is 1. The summed E-state index contributed by atoms with van der Waals surface area (Å²) in [6.07, 6.45) is 4.26. The second kappa shape index (κ2) is 7.11. The van der Waals surface area contributed by atoms with Crippen LogP contribution in [0.5, 0.6) is 0 Å². The lowest BCUT2D eigenvalue weighted by Gasteiger charge is -2.34. The molecule has 6 heteroatoms. The minimum absolute atomic E-state index is 0.304. The van der Waals surface area contributed by atoms with Crippen LogP contribution in [0, 0.1) is 0 Å². The SMILES string of the molecule is NC(=O)N1CCC(N[C@H]2CCCSc3ccc(Cl)cc32)CC1. The summed E-state index contributed by atoms with van der Waals surface area (Å²) in [5, 5.41) is 4.59. The molecule has 2 aliphatic rings. The fourth-order valence-electron chi connectivity index (χ4n) is 3.27. The van der Waals surface area contributed by atoms with E-state index in [4.69, 9.17) is 17.3 Å². The van der Waals surface area contributed by atoms with Gasteiger partial charge in [0.15, 0.2) is 0 Å². The highest BCUT2D eigenvalue weighted by atomic mass is 35.5. The van der Waals surface area contributed by atoms with Crippen molar-refractivity contribution in [1.29, 1.82) is 0 Å². The van der Waals surface area contributed by atoms with E-state index in [1.165, 1.54) is 16.9 Å². The van der Waals surface area contributed by atoms with Crippen molar-refractivity contribution in [3.05, 3.63) is 28.8 Å². The van der Waals surface area contributed by atoms with E-state index in [2.05, 4.69) is 17.4 Å². The van der Waals surface area contributed by atoms with Gasteiger partial charge in [-0.2, -0.15) is 0 Å². The van der Waals surface area contributed by atoms with Gasteiger partial charge in [-0.05, 0) is 55.2 Å². The van der Waals surface area contributed by atoms with Crippen molar-refractivity contribution in [1.82, 2.24) is 10.2 Å². The highest BCUT2D eigenvalue weighted by Crippen LogP contribution is 2.36. The minimum Gasteiger partial charge on any atom is -0.351 e. The van der Waals surface area contributed by atoms with Crippen molar-refractivity contribution in [2.45, 2.75) is 42.7 Å². The molecule has 1 aromatic rings. The smallest absolute Gasteiger partial charge is 0.314 e. The van der Waals surface area contributed by atoms with Crippen molar-refractivity contribution < 1.29 is 4.79 Å². The number of rotatable bonds is 2. The molecule has 1 fully saturated rings. The normalized spacial score (nSPS) is 23.0. The van der Waals surface area contributed by atoms with Gasteiger partial charge >= 0.3 is 6.03 Å². The van der Waals surface area contributed by atoms with E-state index in [9.17, 15) is 4.79 Å². The number of nitrogens with zero attached hydrogens (tertiary/aromatic N) is 1. The Kier molecular flexibility index (Phi) is 5.16. The Morgan fingerprint density at radius 3 is 2.82 bits per heavy atom. The number of primary amides is 1. The number of amides is 2. The van der Waals surface area contributed by atoms with Crippen LogP contribution in [0.2, 0.25) is 5.02 Å². The van der Waals surface area contributed by atoms with E-state index >= 15 is 0 Å². The number of hydrogen-bond donors (Lipinski definition) is 2. The van der Waals surface area contributed by atoms with Crippen molar-refractivity contribution in [3.63, 3.8) is 0 Å². The molecule has 22 heavy (non-hydrogen) atoms. The molecule has 1 atom stereocenters. The van der Waals surface area contributed by atoms with E-state index in [1.54, 1.807) is 4.90 Å². The summed E-state index contributed by atoms with van der Waals surface area (Å²) >= 11 is 8.12. The van der Waals surface area contributed by atoms with Gasteiger partial charge in [-0.15, -0.1) is 11.8 Å². The van der Waals surface area contributed by atoms with E-state index in [0.717, 1.165) is 43.1 Å². The number of urea groups is 1. The fourth-order valence-corrected chi connectivity index (χ4v) is 4.52. The fraction of sp³-hybridized carbons (Fsp3) is 0.562. The first-order valence-corrected chi connectivity index (χ1v) is 9.22. The second-order valence-electron chi connectivity index (χ2n) is 5.99. The lowest BCUT2D eigenvalue weighted by molar-refractivity contribution is 0.181. The van der Waals surface area contributed by atoms with Crippen LogP contribution in [0.25, 0.3) is 0 Å². The number of hydrogen-bond acceptors (Lipinski definition) is 3. The quantitative estimate of drug-likeness (QED) is 0.868. The van der Waals surface area contributed by atoms with E-state index in [0.29, 0.717) is 12.1 Å². The van der Waals surface area contributed by atoms with Gasteiger partial charge in [0.25, 0.3) is 0 Å². The molecule has 3 N–H and O–H groups in total. The van der Waals surface area contributed by atoms with Gasteiger partial charge in [0.05, 0.1) is 0 Å². The Bertz CT molecular complexity index is 546. The molecule has 0 radical (unpaired) electrons. The topological polar surface area (TPSA) is 58.4 Å². The maximum atomic E-state index is 11.2. The summed E-state index contributed by atoms with van der Waals surface area (Å²) in [6.45, 7) is 1.49. The summed E-state index contributed by atoms with van der Waals surface area (Å²) in [4.78, 5) is 14.3. The van der Waals surface area contributed by atoms with Gasteiger partial charge in [0.2, 0.25) is 0 Å². The van der Waals surface area contributed by atoms with Gasteiger partial charge in [-0.25, -0.2) is 4.79 Å². The first-order valence-electron chi connectivity index (χ1n) is 7.86. The highest BCUT2D eigenvalue weighted by Gasteiger charge is 2.26. The number of carbonyl (C=O) groups is 1. The molecule has 1 saturated heterocycles. The van der Waals surface area contributed by atoms with Crippen molar-refractivity contribution in [2.24, 2.45) is 5.73 Å². The molecule has 0 spiro atoms. The van der Waals surface area contributed by atoms with Gasteiger partial charge in [0.1, 0.15) is 0 Å². The van der Waals surface area contributed by atoms with E-state index in [-0.39, 0.29) is 6.03 Å². The van der Waals surface area contributed by atoms with Crippen LogP contribution in [0.1, 0.15) is 37.3 Å². The lowest BCUT2D eigenvalue weighted by Crippen LogP contribution is -2.47. The standard InChI is InChI=1S/C16H22ClN3OS/c17-11-3-4-15-13(10-11)14(2-1-9-22-15)19-12-5-7-20(8-6-12)16(18)21/h3-4,10,12,14,19H,1-2,5-9H2,(H2,18,21)/t14-/m0/s1. The van der Waals surface area contributed by atoms with Crippen molar-refractivity contribution in [2.75, 3.05) is 18.8 Å². The summed E-state index contributed by atoms with van der Waals surface area (Å²) in [5.74, 6) is 1.16. The Morgan fingerprint density at radius 1 is 1.32 bits per heavy atom. The molecule has 0 saturated carbocycles. The Balaban J connectivity index is 1.68. The maximum absolute atomic E-state index is 11.2. The predicted octanol–water partition coefficient (Wildman–Crippen LogP) is 3.40. The molecule has 120 valence electrons. The van der Waals surface area contributed by atoms with Gasteiger partial charge in [-0.3, -0.25) is 0 Å². The molecule has 2 aliphatic heterocycles. The van der Waals surface area contributed by atoms with Crippen molar-refractivity contribution in [3.8, 4) is 0 Å². The number of piperidine rings is 1. The Labute approximate surface area is 140 Å². The number of benzene rings is 1. The molecule has 4 nitrogen and oxygen atoms in total. The van der Waals surface area contributed by atoms with Crippen LogP contribution >= 0.6 is 23.4 Å². The Morgan fingerprint density at radius 2 is 2.09 bits per heavy atom. The van der Waals surface area contributed by atoms with E-state index < -0.39 is 0 Å². The van der Waals surface area contributed by atoms with Crippen LogP contribution in [-0.2, 0) is 0 Å². The van der Waals surface area contributed by atoms with Crippen LogP contribution in [0.4, 0.5) is 4.79 Å². The zero-order chi connectivity index (χ0) is 15.5. The first kappa shape index (κ1) is 16.0. The molecule has 0 aromatic heterocycles. The lowest BCUT2D eigenvalue weighted by atomic mass is 9.98. The molecule has 0 unspecified atom stereocenters. The van der Waals surface area contributed by atoms with Crippen LogP contribution < -0.4 is 11.1 Å². The zero-order valence-electron chi connectivity index (χ0n) is 12.6. The average molecular weight is 340 g/mol. The monoisotopic (exact) mass is 339 g/mol.